The first-order valence-electron chi connectivity index (χ1n) is 9.49. The second-order valence-electron chi connectivity index (χ2n) is 7.16. The number of carboxylic acid groups (broad SMARTS) is 1. The van der Waals surface area contributed by atoms with Crippen LogP contribution in [0, 0.1) is 0 Å². The van der Waals surface area contributed by atoms with Crippen molar-refractivity contribution in [2.24, 2.45) is 0 Å². The molecular weight excluding hydrogens is 360 g/mol. The number of imidazole rings is 1. The van der Waals surface area contributed by atoms with Crippen molar-refractivity contribution in [2.75, 3.05) is 6.61 Å². The molecule has 2 aromatic heterocycles. The highest BCUT2D eigenvalue weighted by Crippen LogP contribution is 2.40. The third-order valence-electron chi connectivity index (χ3n) is 5.30. The number of H-pyrrole nitrogens is 2. The van der Waals surface area contributed by atoms with E-state index in [1.807, 2.05) is 30.3 Å². The first kappa shape index (κ1) is 18.2. The predicted molar refractivity (Wildman–Crippen MR) is 103 cm³/mol. The van der Waals surface area contributed by atoms with Gasteiger partial charge in [0.05, 0.1) is 6.61 Å². The molecule has 0 aliphatic heterocycles. The normalized spacial score (nSPS) is 15.7. The Morgan fingerprint density at radius 2 is 1.89 bits per heavy atom. The molecule has 0 radical (unpaired) electrons. The minimum Gasteiger partial charge on any atom is -0.494 e. The van der Waals surface area contributed by atoms with Crippen molar-refractivity contribution in [1.82, 2.24) is 19.9 Å². The number of aromatic amines is 2. The summed E-state index contributed by atoms with van der Waals surface area (Å²) in [6.07, 6.45) is 3.91. The number of ether oxygens (including phenoxy) is 1. The quantitative estimate of drug-likeness (QED) is 0.540. The van der Waals surface area contributed by atoms with Crippen LogP contribution < -0.4 is 10.3 Å². The van der Waals surface area contributed by atoms with Gasteiger partial charge in [-0.2, -0.15) is 0 Å². The molecule has 4 rings (SSSR count). The lowest BCUT2D eigenvalue weighted by atomic mass is 9.85. The van der Waals surface area contributed by atoms with Gasteiger partial charge < -0.3 is 19.8 Å². The maximum atomic E-state index is 12.4. The van der Waals surface area contributed by atoms with Gasteiger partial charge in [0.25, 0.3) is 5.56 Å². The maximum absolute atomic E-state index is 12.4. The van der Waals surface area contributed by atoms with Crippen LogP contribution in [-0.2, 0) is 16.6 Å². The van der Waals surface area contributed by atoms with Gasteiger partial charge in [-0.1, -0.05) is 31.0 Å². The van der Waals surface area contributed by atoms with Gasteiger partial charge in [0, 0.05) is 6.42 Å². The van der Waals surface area contributed by atoms with E-state index in [1.54, 1.807) is 0 Å². The number of nitrogens with one attached hydrogen (secondary N) is 2. The fraction of sp³-hybridized carbons (Fsp3) is 0.400. The molecule has 0 bridgehead atoms. The fourth-order valence-electron chi connectivity index (χ4n) is 3.77. The Kier molecular flexibility index (Phi) is 4.85. The van der Waals surface area contributed by atoms with Crippen LogP contribution in [-0.4, -0.2) is 37.6 Å². The minimum absolute atomic E-state index is 0.229. The van der Waals surface area contributed by atoms with E-state index in [4.69, 9.17) is 4.74 Å². The van der Waals surface area contributed by atoms with Gasteiger partial charge in [-0.3, -0.25) is 9.59 Å². The standard InChI is InChI=1S/C20H22N4O4/c25-17-15-16(24-18(23-15)20(19(26)27)10-4-5-11-20)21-14(22-17)9-6-12-28-13-7-2-1-3-8-13/h1-3,7-8H,4-6,9-12H2,(H,26,27)(H2,21,22,23,24,25). The molecule has 0 saturated heterocycles. The Morgan fingerprint density at radius 3 is 2.61 bits per heavy atom. The van der Waals surface area contributed by atoms with Crippen molar-refractivity contribution in [1.29, 1.82) is 0 Å². The molecule has 28 heavy (non-hydrogen) atoms. The number of fused-ring (bicyclic) bond motifs is 1. The number of carbonyl (C=O) groups is 1. The van der Waals surface area contributed by atoms with E-state index >= 15 is 0 Å². The first-order valence-corrected chi connectivity index (χ1v) is 9.49. The van der Waals surface area contributed by atoms with Gasteiger partial charge in [0.2, 0.25) is 0 Å². The summed E-state index contributed by atoms with van der Waals surface area (Å²) in [5.74, 6) is 0.740. The summed E-state index contributed by atoms with van der Waals surface area (Å²) in [5, 5.41) is 9.72. The van der Waals surface area contributed by atoms with E-state index < -0.39 is 11.4 Å². The zero-order valence-corrected chi connectivity index (χ0v) is 15.4. The van der Waals surface area contributed by atoms with Crippen molar-refractivity contribution in [3.8, 4) is 5.75 Å². The summed E-state index contributed by atoms with van der Waals surface area (Å²) in [6.45, 7) is 0.500. The van der Waals surface area contributed by atoms with E-state index in [0.29, 0.717) is 43.9 Å². The van der Waals surface area contributed by atoms with E-state index in [1.165, 1.54) is 0 Å². The number of rotatable bonds is 7. The molecule has 2 heterocycles. The zero-order valence-electron chi connectivity index (χ0n) is 15.4. The largest absolute Gasteiger partial charge is 0.494 e. The summed E-state index contributed by atoms with van der Waals surface area (Å²) < 4.78 is 5.65. The van der Waals surface area contributed by atoms with Gasteiger partial charge in [-0.05, 0) is 31.4 Å². The third kappa shape index (κ3) is 3.37. The van der Waals surface area contributed by atoms with Gasteiger partial charge in [-0.25, -0.2) is 9.97 Å². The number of aliphatic carboxylic acids is 1. The summed E-state index contributed by atoms with van der Waals surface area (Å²) in [5.41, 5.74) is -0.880. The number of hydrogen-bond donors (Lipinski definition) is 3. The molecule has 8 nitrogen and oxygen atoms in total. The zero-order chi connectivity index (χ0) is 19.6. The third-order valence-corrected chi connectivity index (χ3v) is 5.30. The molecule has 0 atom stereocenters. The lowest BCUT2D eigenvalue weighted by molar-refractivity contribution is -0.143. The Balaban J connectivity index is 1.50. The first-order chi connectivity index (χ1) is 13.6. The number of nitrogens with zero attached hydrogens (tertiary/aromatic N) is 2. The minimum atomic E-state index is -1.04. The van der Waals surface area contributed by atoms with E-state index in [9.17, 15) is 14.7 Å². The fourth-order valence-corrected chi connectivity index (χ4v) is 3.77. The van der Waals surface area contributed by atoms with E-state index in [2.05, 4.69) is 19.9 Å². The lowest BCUT2D eigenvalue weighted by Crippen LogP contribution is -2.33. The molecule has 0 spiro atoms. The van der Waals surface area contributed by atoms with Crippen molar-refractivity contribution < 1.29 is 14.6 Å². The molecule has 1 fully saturated rings. The SMILES string of the molecule is O=C(O)C1(c2nc3nc(CCCOc4ccccc4)[nH]c(=O)c3[nH]2)CCCC1. The second kappa shape index (κ2) is 7.46. The molecule has 0 amide bonds. The van der Waals surface area contributed by atoms with Crippen molar-refractivity contribution in [3.05, 3.63) is 52.3 Å². The summed E-state index contributed by atoms with van der Waals surface area (Å²) in [6, 6.07) is 9.52. The van der Waals surface area contributed by atoms with E-state index in [0.717, 1.165) is 18.6 Å². The van der Waals surface area contributed by atoms with Crippen molar-refractivity contribution in [2.45, 2.75) is 43.9 Å². The Bertz CT molecular complexity index is 1040. The Labute approximate surface area is 161 Å². The molecule has 0 unspecified atom stereocenters. The van der Waals surface area contributed by atoms with Crippen LogP contribution in [0.5, 0.6) is 5.75 Å². The van der Waals surface area contributed by atoms with Gasteiger partial charge in [0.15, 0.2) is 11.2 Å². The number of hydrogen-bond acceptors (Lipinski definition) is 5. The number of carboxylic acids is 1. The monoisotopic (exact) mass is 382 g/mol. The van der Waals surface area contributed by atoms with Gasteiger partial charge in [-0.15, -0.1) is 0 Å². The topological polar surface area (TPSA) is 121 Å². The highest BCUT2D eigenvalue weighted by Gasteiger charge is 2.45. The molecule has 3 N–H and O–H groups in total. The Morgan fingerprint density at radius 1 is 1.14 bits per heavy atom. The summed E-state index contributed by atoms with van der Waals surface area (Å²) >= 11 is 0. The summed E-state index contributed by atoms with van der Waals surface area (Å²) in [7, 11) is 0. The number of benzene rings is 1. The number of para-hydroxylation sites is 1. The number of aromatic nitrogens is 4. The average molecular weight is 382 g/mol. The Hall–Kier alpha value is -3.16. The van der Waals surface area contributed by atoms with Gasteiger partial charge in [0.1, 0.15) is 22.8 Å². The van der Waals surface area contributed by atoms with Crippen LogP contribution in [0.2, 0.25) is 0 Å². The van der Waals surface area contributed by atoms with Crippen LogP contribution in [0.3, 0.4) is 0 Å². The molecule has 1 aliphatic rings. The molecule has 3 aromatic rings. The molecule has 146 valence electrons. The summed E-state index contributed by atoms with van der Waals surface area (Å²) in [4.78, 5) is 38.8. The van der Waals surface area contributed by atoms with Crippen molar-refractivity contribution in [3.63, 3.8) is 0 Å². The highest BCUT2D eigenvalue weighted by atomic mass is 16.5. The second-order valence-corrected chi connectivity index (χ2v) is 7.16. The smallest absolute Gasteiger partial charge is 0.317 e. The van der Waals surface area contributed by atoms with E-state index in [-0.39, 0.29) is 16.7 Å². The maximum Gasteiger partial charge on any atom is 0.317 e. The highest BCUT2D eigenvalue weighted by molar-refractivity contribution is 5.82. The molecule has 1 saturated carbocycles. The van der Waals surface area contributed by atoms with Gasteiger partial charge >= 0.3 is 5.97 Å². The van der Waals surface area contributed by atoms with Crippen LogP contribution in [0.25, 0.3) is 11.2 Å². The van der Waals surface area contributed by atoms with Crippen molar-refractivity contribution >= 4 is 17.1 Å². The molecule has 1 aliphatic carbocycles. The molecular formula is C20H22N4O4. The average Bonchev–Trinajstić information content (AvgIpc) is 3.34. The van der Waals surface area contributed by atoms with Crippen LogP contribution in [0.1, 0.15) is 43.8 Å². The number of aryl methyl sites for hydroxylation is 1. The molecule has 8 heteroatoms. The molecule has 1 aromatic carbocycles. The predicted octanol–water partition coefficient (Wildman–Crippen LogP) is 2.55. The van der Waals surface area contributed by atoms with Crippen LogP contribution in [0.4, 0.5) is 0 Å². The van der Waals surface area contributed by atoms with Crippen LogP contribution >= 0.6 is 0 Å². The lowest BCUT2D eigenvalue weighted by Gasteiger charge is -2.20. The van der Waals surface area contributed by atoms with Crippen LogP contribution in [0.15, 0.2) is 35.1 Å².